The molecule has 4 heteroatoms. The summed E-state index contributed by atoms with van der Waals surface area (Å²) in [7, 11) is 0. The number of nitrogens with one attached hydrogen (secondary N) is 2. The lowest BCUT2D eigenvalue weighted by atomic mass is 10.0. The van der Waals surface area contributed by atoms with Gasteiger partial charge in [0, 0.05) is 19.6 Å². The van der Waals surface area contributed by atoms with E-state index in [2.05, 4.69) is 10.6 Å². The Bertz CT molecular complexity index is 360. The normalized spacial score (nSPS) is 15.6. The summed E-state index contributed by atoms with van der Waals surface area (Å²) in [5.74, 6) is 0.0161. The monoisotopic (exact) mass is 222 g/mol. The molecule has 0 spiro atoms. The van der Waals surface area contributed by atoms with Crippen molar-refractivity contribution in [1.82, 2.24) is 10.6 Å². The van der Waals surface area contributed by atoms with Gasteiger partial charge in [0.2, 0.25) is 5.91 Å². The maximum atomic E-state index is 12.6. The molecule has 2 rings (SSSR count). The highest BCUT2D eigenvalue weighted by molar-refractivity contribution is 5.79. The highest BCUT2D eigenvalue weighted by Gasteiger charge is 2.23. The Morgan fingerprint density at radius 3 is 2.62 bits per heavy atom. The van der Waals surface area contributed by atoms with Crippen molar-refractivity contribution in [2.45, 2.75) is 6.42 Å². The van der Waals surface area contributed by atoms with Crippen LogP contribution in [-0.4, -0.2) is 25.5 Å². The average molecular weight is 222 g/mol. The van der Waals surface area contributed by atoms with Gasteiger partial charge in [-0.1, -0.05) is 12.1 Å². The van der Waals surface area contributed by atoms with Crippen LogP contribution in [-0.2, 0) is 11.2 Å². The molecular weight excluding hydrogens is 207 g/mol. The predicted octanol–water partition coefficient (Wildman–Crippen LogP) is 0.704. The van der Waals surface area contributed by atoms with E-state index < -0.39 is 0 Å². The number of halogens is 1. The SMILES string of the molecule is O=C(NCCc1ccc(F)cc1)C1CNC1. The molecule has 1 amide bonds. The van der Waals surface area contributed by atoms with Crippen molar-refractivity contribution >= 4 is 5.91 Å². The van der Waals surface area contributed by atoms with Gasteiger partial charge in [0.15, 0.2) is 0 Å². The molecule has 1 aromatic carbocycles. The number of rotatable bonds is 4. The topological polar surface area (TPSA) is 41.1 Å². The Labute approximate surface area is 94.0 Å². The molecule has 1 aliphatic rings. The van der Waals surface area contributed by atoms with Crippen LogP contribution in [0.3, 0.4) is 0 Å². The van der Waals surface area contributed by atoms with E-state index in [9.17, 15) is 9.18 Å². The van der Waals surface area contributed by atoms with Crippen molar-refractivity contribution in [3.8, 4) is 0 Å². The van der Waals surface area contributed by atoms with Crippen LogP contribution in [0.5, 0.6) is 0 Å². The van der Waals surface area contributed by atoms with Gasteiger partial charge in [-0.05, 0) is 24.1 Å². The van der Waals surface area contributed by atoms with Crippen molar-refractivity contribution < 1.29 is 9.18 Å². The van der Waals surface area contributed by atoms with E-state index in [0.717, 1.165) is 25.1 Å². The van der Waals surface area contributed by atoms with Crippen molar-refractivity contribution in [3.63, 3.8) is 0 Å². The minimum atomic E-state index is -0.228. The van der Waals surface area contributed by atoms with Gasteiger partial charge < -0.3 is 10.6 Å². The van der Waals surface area contributed by atoms with Gasteiger partial charge in [-0.3, -0.25) is 4.79 Å². The lowest BCUT2D eigenvalue weighted by Crippen LogP contribution is -2.51. The second-order valence-electron chi connectivity index (χ2n) is 4.02. The molecule has 0 aliphatic carbocycles. The quantitative estimate of drug-likeness (QED) is 0.787. The Balaban J connectivity index is 1.71. The summed E-state index contributed by atoms with van der Waals surface area (Å²) in [6.45, 7) is 2.17. The molecule has 1 aromatic rings. The first-order valence-electron chi connectivity index (χ1n) is 5.48. The fourth-order valence-electron chi connectivity index (χ4n) is 1.60. The van der Waals surface area contributed by atoms with E-state index in [1.54, 1.807) is 12.1 Å². The third-order valence-corrected chi connectivity index (χ3v) is 2.78. The molecule has 16 heavy (non-hydrogen) atoms. The fraction of sp³-hybridized carbons (Fsp3) is 0.417. The van der Waals surface area contributed by atoms with Gasteiger partial charge in [0.05, 0.1) is 5.92 Å². The maximum absolute atomic E-state index is 12.6. The molecule has 1 heterocycles. The summed E-state index contributed by atoms with van der Waals surface area (Å²) in [4.78, 5) is 11.5. The molecule has 2 N–H and O–H groups in total. The first-order valence-corrected chi connectivity index (χ1v) is 5.48. The molecule has 1 aliphatic heterocycles. The van der Waals surface area contributed by atoms with Crippen LogP contribution < -0.4 is 10.6 Å². The third kappa shape index (κ3) is 2.79. The summed E-state index contributed by atoms with van der Waals surface area (Å²) < 4.78 is 12.6. The molecule has 0 bridgehead atoms. The van der Waals surface area contributed by atoms with Crippen LogP contribution in [0.25, 0.3) is 0 Å². The molecule has 86 valence electrons. The number of amides is 1. The first-order chi connectivity index (χ1) is 7.75. The zero-order chi connectivity index (χ0) is 11.4. The third-order valence-electron chi connectivity index (χ3n) is 2.78. The molecule has 0 aromatic heterocycles. The van der Waals surface area contributed by atoms with E-state index in [1.807, 2.05) is 0 Å². The largest absolute Gasteiger partial charge is 0.355 e. The number of benzene rings is 1. The number of carbonyl (C=O) groups is 1. The molecule has 1 saturated heterocycles. The summed E-state index contributed by atoms with van der Waals surface area (Å²) >= 11 is 0. The second-order valence-corrected chi connectivity index (χ2v) is 4.02. The summed E-state index contributed by atoms with van der Waals surface area (Å²) in [6.07, 6.45) is 0.742. The standard InChI is InChI=1S/C12H15FN2O/c13-11-3-1-9(2-4-11)5-6-15-12(16)10-7-14-8-10/h1-4,10,14H,5-8H2,(H,15,16). The zero-order valence-electron chi connectivity index (χ0n) is 9.00. The minimum Gasteiger partial charge on any atom is -0.355 e. The van der Waals surface area contributed by atoms with Crippen LogP contribution in [0.4, 0.5) is 4.39 Å². The van der Waals surface area contributed by atoms with Crippen molar-refractivity contribution in [3.05, 3.63) is 35.6 Å². The van der Waals surface area contributed by atoms with Gasteiger partial charge in [-0.2, -0.15) is 0 Å². The van der Waals surface area contributed by atoms with E-state index in [0.29, 0.717) is 6.54 Å². The van der Waals surface area contributed by atoms with E-state index in [4.69, 9.17) is 0 Å². The lowest BCUT2D eigenvalue weighted by Gasteiger charge is -2.25. The van der Waals surface area contributed by atoms with Gasteiger partial charge in [0.1, 0.15) is 5.82 Å². The predicted molar refractivity (Wildman–Crippen MR) is 59.5 cm³/mol. The number of hydrogen-bond donors (Lipinski definition) is 2. The van der Waals surface area contributed by atoms with Crippen LogP contribution in [0.1, 0.15) is 5.56 Å². The van der Waals surface area contributed by atoms with Crippen LogP contribution in [0, 0.1) is 11.7 Å². The van der Waals surface area contributed by atoms with Gasteiger partial charge >= 0.3 is 0 Å². The van der Waals surface area contributed by atoms with Gasteiger partial charge in [-0.25, -0.2) is 4.39 Å². The molecule has 0 unspecified atom stereocenters. The minimum absolute atomic E-state index is 0.112. The zero-order valence-corrected chi connectivity index (χ0v) is 9.00. The second kappa shape index (κ2) is 5.07. The summed E-state index contributed by atoms with van der Waals surface area (Å²) in [5, 5.41) is 5.93. The Kier molecular flexibility index (Phi) is 3.51. The highest BCUT2D eigenvalue weighted by atomic mass is 19.1. The van der Waals surface area contributed by atoms with Crippen LogP contribution in [0.2, 0.25) is 0 Å². The Hall–Kier alpha value is -1.42. The molecule has 0 atom stereocenters. The molecule has 3 nitrogen and oxygen atoms in total. The fourth-order valence-corrected chi connectivity index (χ4v) is 1.60. The van der Waals surface area contributed by atoms with Crippen LogP contribution in [0.15, 0.2) is 24.3 Å². The number of hydrogen-bond acceptors (Lipinski definition) is 2. The van der Waals surface area contributed by atoms with Gasteiger partial charge in [-0.15, -0.1) is 0 Å². The molecule has 1 fully saturated rings. The molecule has 0 saturated carbocycles. The van der Waals surface area contributed by atoms with E-state index in [-0.39, 0.29) is 17.6 Å². The van der Waals surface area contributed by atoms with Crippen molar-refractivity contribution in [1.29, 1.82) is 0 Å². The highest BCUT2D eigenvalue weighted by Crippen LogP contribution is 2.04. The summed E-state index contributed by atoms with van der Waals surface area (Å²) in [5.41, 5.74) is 1.04. The van der Waals surface area contributed by atoms with E-state index >= 15 is 0 Å². The smallest absolute Gasteiger partial charge is 0.225 e. The molecular formula is C12H15FN2O. The van der Waals surface area contributed by atoms with Gasteiger partial charge in [0.25, 0.3) is 0 Å². The van der Waals surface area contributed by atoms with Crippen molar-refractivity contribution in [2.75, 3.05) is 19.6 Å². The summed E-state index contributed by atoms with van der Waals surface area (Å²) in [6, 6.07) is 6.36. The van der Waals surface area contributed by atoms with E-state index in [1.165, 1.54) is 12.1 Å². The lowest BCUT2D eigenvalue weighted by molar-refractivity contribution is -0.126. The molecule has 0 radical (unpaired) electrons. The number of carbonyl (C=O) groups excluding carboxylic acids is 1. The van der Waals surface area contributed by atoms with Crippen LogP contribution >= 0.6 is 0 Å². The van der Waals surface area contributed by atoms with Crippen molar-refractivity contribution in [2.24, 2.45) is 5.92 Å². The Morgan fingerprint density at radius 2 is 2.06 bits per heavy atom. The average Bonchev–Trinajstić information content (AvgIpc) is 2.18. The first kappa shape index (κ1) is 11.1. The Morgan fingerprint density at radius 1 is 1.38 bits per heavy atom. The maximum Gasteiger partial charge on any atom is 0.225 e.